The van der Waals surface area contributed by atoms with E-state index in [1.807, 2.05) is 32.9 Å². The van der Waals surface area contributed by atoms with E-state index in [9.17, 15) is 4.39 Å². The minimum Gasteiger partial charge on any atom is -0.207 e. The first-order valence-corrected chi connectivity index (χ1v) is 9.24. The van der Waals surface area contributed by atoms with Crippen molar-refractivity contribution in [3.63, 3.8) is 0 Å². The number of benzene rings is 3. The zero-order valence-electron chi connectivity index (χ0n) is 16.2. The molecule has 1 aliphatic rings. The SMILES string of the molecule is CC(C)(C)c1ccc(-c2ccc3c(c2)C(C)(C)c2ccccc2-3)cc1F. The molecule has 1 aliphatic carbocycles. The van der Waals surface area contributed by atoms with Crippen LogP contribution in [0.1, 0.15) is 51.3 Å². The van der Waals surface area contributed by atoms with E-state index >= 15 is 0 Å². The Morgan fingerprint density at radius 2 is 1.35 bits per heavy atom. The first kappa shape index (κ1) is 17.0. The highest BCUT2D eigenvalue weighted by Crippen LogP contribution is 2.49. The predicted octanol–water partition coefficient (Wildman–Crippen LogP) is 7.10. The van der Waals surface area contributed by atoms with Crippen LogP contribution in [0.25, 0.3) is 22.3 Å². The van der Waals surface area contributed by atoms with E-state index in [2.05, 4.69) is 56.3 Å². The average Bonchev–Trinajstić information content (AvgIpc) is 2.82. The highest BCUT2D eigenvalue weighted by molar-refractivity contribution is 5.83. The summed E-state index contributed by atoms with van der Waals surface area (Å²) in [5.74, 6) is -0.127. The minimum atomic E-state index is -0.190. The van der Waals surface area contributed by atoms with Gasteiger partial charge in [0.1, 0.15) is 5.82 Å². The Labute approximate surface area is 155 Å². The maximum absolute atomic E-state index is 14.7. The second kappa shape index (κ2) is 5.54. The van der Waals surface area contributed by atoms with Crippen molar-refractivity contribution in [2.75, 3.05) is 0 Å². The average molecular weight is 344 g/mol. The van der Waals surface area contributed by atoms with Crippen molar-refractivity contribution in [1.29, 1.82) is 0 Å². The van der Waals surface area contributed by atoms with Crippen LogP contribution < -0.4 is 0 Å². The summed E-state index contributed by atoms with van der Waals surface area (Å²) < 4.78 is 14.7. The number of hydrogen-bond donors (Lipinski definition) is 0. The molecule has 1 heteroatoms. The molecular formula is C25H25F. The first-order valence-electron chi connectivity index (χ1n) is 9.24. The van der Waals surface area contributed by atoms with Gasteiger partial charge in [-0.25, -0.2) is 4.39 Å². The van der Waals surface area contributed by atoms with Crippen LogP contribution in [-0.2, 0) is 10.8 Å². The van der Waals surface area contributed by atoms with Crippen LogP contribution in [0.4, 0.5) is 4.39 Å². The maximum Gasteiger partial charge on any atom is 0.127 e. The Hall–Kier alpha value is -2.41. The van der Waals surface area contributed by atoms with Gasteiger partial charge in [0.05, 0.1) is 0 Å². The Morgan fingerprint density at radius 3 is 2.04 bits per heavy atom. The van der Waals surface area contributed by atoms with Crippen molar-refractivity contribution >= 4 is 0 Å². The van der Waals surface area contributed by atoms with Gasteiger partial charge in [-0.3, -0.25) is 0 Å². The molecular weight excluding hydrogens is 319 g/mol. The normalized spacial score (nSPS) is 14.8. The van der Waals surface area contributed by atoms with Crippen molar-refractivity contribution < 1.29 is 4.39 Å². The van der Waals surface area contributed by atoms with Gasteiger partial charge in [0.25, 0.3) is 0 Å². The second-order valence-electron chi connectivity index (χ2n) is 8.88. The van der Waals surface area contributed by atoms with E-state index < -0.39 is 0 Å². The Morgan fingerprint density at radius 1 is 0.731 bits per heavy atom. The van der Waals surface area contributed by atoms with Gasteiger partial charge in [-0.05, 0) is 56.5 Å². The highest BCUT2D eigenvalue weighted by Gasteiger charge is 2.35. The maximum atomic E-state index is 14.7. The van der Waals surface area contributed by atoms with Gasteiger partial charge < -0.3 is 0 Å². The first-order chi connectivity index (χ1) is 12.2. The molecule has 0 unspecified atom stereocenters. The van der Waals surface area contributed by atoms with Gasteiger partial charge in [0, 0.05) is 5.41 Å². The summed E-state index contributed by atoms with van der Waals surface area (Å²) in [5.41, 5.74) is 7.83. The molecule has 4 rings (SSSR count). The fourth-order valence-corrected chi connectivity index (χ4v) is 4.19. The smallest absolute Gasteiger partial charge is 0.127 e. The minimum absolute atomic E-state index is 0.0359. The van der Waals surface area contributed by atoms with Gasteiger partial charge >= 0.3 is 0 Å². The Kier molecular flexibility index (Phi) is 3.63. The molecule has 0 spiro atoms. The molecule has 0 N–H and O–H groups in total. The standard InChI is InChI=1S/C25H25F/c1-24(2,3)21-13-11-17(15-23(21)26)16-10-12-19-18-8-6-7-9-20(18)25(4,5)22(19)14-16/h6-15H,1-5H3. The van der Waals surface area contributed by atoms with Crippen LogP contribution in [0.5, 0.6) is 0 Å². The third kappa shape index (κ3) is 2.49. The van der Waals surface area contributed by atoms with Gasteiger partial charge in [-0.15, -0.1) is 0 Å². The molecule has 0 radical (unpaired) electrons. The van der Waals surface area contributed by atoms with E-state index in [-0.39, 0.29) is 16.6 Å². The molecule has 3 aromatic rings. The third-order valence-corrected chi connectivity index (χ3v) is 5.69. The third-order valence-electron chi connectivity index (χ3n) is 5.69. The molecule has 0 atom stereocenters. The lowest BCUT2D eigenvalue weighted by Gasteiger charge is -2.22. The quantitative estimate of drug-likeness (QED) is 0.442. The molecule has 0 nitrogen and oxygen atoms in total. The zero-order chi connectivity index (χ0) is 18.7. The number of halogens is 1. The van der Waals surface area contributed by atoms with Crippen LogP contribution in [0.15, 0.2) is 60.7 Å². The van der Waals surface area contributed by atoms with Crippen LogP contribution in [0, 0.1) is 5.82 Å². The topological polar surface area (TPSA) is 0 Å². The number of rotatable bonds is 1. The molecule has 0 aromatic heterocycles. The monoisotopic (exact) mass is 344 g/mol. The molecule has 132 valence electrons. The summed E-state index contributed by atoms with van der Waals surface area (Å²) in [6, 6.07) is 20.8. The molecule has 0 heterocycles. The van der Waals surface area contributed by atoms with Crippen molar-refractivity contribution in [2.24, 2.45) is 0 Å². The molecule has 0 saturated carbocycles. The van der Waals surface area contributed by atoms with Crippen molar-refractivity contribution in [1.82, 2.24) is 0 Å². The molecule has 0 fully saturated rings. The zero-order valence-corrected chi connectivity index (χ0v) is 16.2. The number of fused-ring (bicyclic) bond motifs is 3. The summed E-state index contributed by atoms with van der Waals surface area (Å²) in [4.78, 5) is 0. The fourth-order valence-electron chi connectivity index (χ4n) is 4.19. The van der Waals surface area contributed by atoms with Crippen LogP contribution >= 0.6 is 0 Å². The largest absolute Gasteiger partial charge is 0.207 e. The fraction of sp³-hybridized carbons (Fsp3) is 0.280. The van der Waals surface area contributed by atoms with E-state index in [1.165, 1.54) is 22.3 Å². The Balaban J connectivity index is 1.83. The lowest BCUT2D eigenvalue weighted by Crippen LogP contribution is -2.15. The predicted molar refractivity (Wildman–Crippen MR) is 108 cm³/mol. The summed E-state index contributed by atoms with van der Waals surface area (Å²) in [6.45, 7) is 10.7. The summed E-state index contributed by atoms with van der Waals surface area (Å²) in [6.07, 6.45) is 0. The lowest BCUT2D eigenvalue weighted by molar-refractivity contribution is 0.523. The van der Waals surface area contributed by atoms with E-state index in [1.54, 1.807) is 6.07 Å². The molecule has 26 heavy (non-hydrogen) atoms. The summed E-state index contributed by atoms with van der Waals surface area (Å²) in [5, 5.41) is 0. The van der Waals surface area contributed by atoms with Gasteiger partial charge in [0.15, 0.2) is 0 Å². The molecule has 0 saturated heterocycles. The second-order valence-corrected chi connectivity index (χ2v) is 8.88. The molecule has 0 amide bonds. The van der Waals surface area contributed by atoms with E-state index in [0.717, 1.165) is 16.7 Å². The van der Waals surface area contributed by atoms with Crippen molar-refractivity contribution in [2.45, 2.75) is 45.4 Å². The van der Waals surface area contributed by atoms with Crippen molar-refractivity contribution in [3.05, 3.63) is 83.2 Å². The van der Waals surface area contributed by atoms with Gasteiger partial charge in [-0.2, -0.15) is 0 Å². The number of hydrogen-bond acceptors (Lipinski definition) is 0. The van der Waals surface area contributed by atoms with Crippen LogP contribution in [-0.4, -0.2) is 0 Å². The molecule has 3 aromatic carbocycles. The van der Waals surface area contributed by atoms with E-state index in [4.69, 9.17) is 0 Å². The van der Waals surface area contributed by atoms with Gasteiger partial charge in [0.2, 0.25) is 0 Å². The van der Waals surface area contributed by atoms with Crippen LogP contribution in [0.2, 0.25) is 0 Å². The summed E-state index contributed by atoms with van der Waals surface area (Å²) in [7, 11) is 0. The molecule has 0 bridgehead atoms. The van der Waals surface area contributed by atoms with E-state index in [0.29, 0.717) is 0 Å². The lowest BCUT2D eigenvalue weighted by atomic mass is 9.81. The van der Waals surface area contributed by atoms with Crippen molar-refractivity contribution in [3.8, 4) is 22.3 Å². The molecule has 0 aliphatic heterocycles. The Bertz CT molecular complexity index is 1000. The highest BCUT2D eigenvalue weighted by atomic mass is 19.1. The van der Waals surface area contributed by atoms with Crippen LogP contribution in [0.3, 0.4) is 0 Å². The van der Waals surface area contributed by atoms with Gasteiger partial charge in [-0.1, -0.05) is 83.1 Å². The summed E-state index contributed by atoms with van der Waals surface area (Å²) >= 11 is 0.